The molecule has 0 saturated carbocycles. The molecule has 0 bridgehead atoms. The molecule has 1 rings (SSSR count). The second-order valence-corrected chi connectivity index (χ2v) is 2.79. The number of rotatable bonds is 3. The van der Waals surface area contributed by atoms with E-state index in [4.69, 9.17) is 4.74 Å². The molecule has 0 aromatic rings. The highest BCUT2D eigenvalue weighted by Crippen LogP contribution is 2.09. The number of hydrogen-bond donors (Lipinski definition) is 1. The fraction of sp³-hybridized carbons (Fsp3) is 0.778. The molecule has 0 aliphatic carbocycles. The van der Waals surface area contributed by atoms with Gasteiger partial charge in [-0.2, -0.15) is 0 Å². The summed E-state index contributed by atoms with van der Waals surface area (Å²) in [5.41, 5.74) is 0. The molecule has 11 heavy (non-hydrogen) atoms. The molecule has 1 heterocycles. The molecule has 2 nitrogen and oxygen atoms in total. The average Bonchev–Trinajstić information content (AvgIpc) is 2.50. The third kappa shape index (κ3) is 3.41. The van der Waals surface area contributed by atoms with Crippen LogP contribution in [0.15, 0.2) is 0 Å². The van der Waals surface area contributed by atoms with Crippen LogP contribution in [0.4, 0.5) is 0 Å². The SMILES string of the molecule is CC#CCNCC1CCOC1. The summed E-state index contributed by atoms with van der Waals surface area (Å²) in [7, 11) is 0. The van der Waals surface area contributed by atoms with E-state index in [-0.39, 0.29) is 0 Å². The molecule has 0 aromatic carbocycles. The van der Waals surface area contributed by atoms with Gasteiger partial charge in [-0.25, -0.2) is 0 Å². The molecular formula is C9H15NO. The Morgan fingerprint density at radius 3 is 3.18 bits per heavy atom. The van der Waals surface area contributed by atoms with Crippen molar-refractivity contribution in [2.24, 2.45) is 5.92 Å². The first kappa shape index (κ1) is 8.58. The van der Waals surface area contributed by atoms with Crippen molar-refractivity contribution in [3.8, 4) is 11.8 Å². The molecule has 2 heteroatoms. The Morgan fingerprint density at radius 1 is 1.64 bits per heavy atom. The summed E-state index contributed by atoms with van der Waals surface area (Å²) in [6.45, 7) is 5.58. The van der Waals surface area contributed by atoms with Crippen LogP contribution >= 0.6 is 0 Å². The van der Waals surface area contributed by atoms with E-state index in [1.54, 1.807) is 0 Å². The van der Waals surface area contributed by atoms with Crippen molar-refractivity contribution >= 4 is 0 Å². The first-order chi connectivity index (χ1) is 5.43. The van der Waals surface area contributed by atoms with Gasteiger partial charge in [0.05, 0.1) is 13.2 Å². The minimum absolute atomic E-state index is 0.716. The molecule has 1 aliphatic heterocycles. The van der Waals surface area contributed by atoms with E-state index in [0.717, 1.165) is 26.3 Å². The van der Waals surface area contributed by atoms with Gasteiger partial charge in [0.2, 0.25) is 0 Å². The van der Waals surface area contributed by atoms with Crippen molar-refractivity contribution in [2.75, 3.05) is 26.3 Å². The van der Waals surface area contributed by atoms with Gasteiger partial charge in [-0.1, -0.05) is 5.92 Å². The van der Waals surface area contributed by atoms with E-state index in [0.29, 0.717) is 5.92 Å². The van der Waals surface area contributed by atoms with Gasteiger partial charge in [0.1, 0.15) is 0 Å². The topological polar surface area (TPSA) is 21.3 Å². The van der Waals surface area contributed by atoms with E-state index in [1.807, 2.05) is 6.92 Å². The van der Waals surface area contributed by atoms with Crippen LogP contribution in [-0.2, 0) is 4.74 Å². The van der Waals surface area contributed by atoms with Gasteiger partial charge in [-0.3, -0.25) is 0 Å². The van der Waals surface area contributed by atoms with Gasteiger partial charge in [0.25, 0.3) is 0 Å². The van der Waals surface area contributed by atoms with Gasteiger partial charge in [0.15, 0.2) is 0 Å². The van der Waals surface area contributed by atoms with Crippen molar-refractivity contribution in [1.82, 2.24) is 5.32 Å². The summed E-state index contributed by atoms with van der Waals surface area (Å²) in [6, 6.07) is 0. The Labute approximate surface area is 68.3 Å². The predicted molar refractivity (Wildman–Crippen MR) is 45.2 cm³/mol. The summed E-state index contributed by atoms with van der Waals surface area (Å²) in [5.74, 6) is 6.54. The second kappa shape index (κ2) is 5.17. The third-order valence-corrected chi connectivity index (χ3v) is 1.85. The molecule has 0 radical (unpaired) electrons. The first-order valence-electron chi connectivity index (χ1n) is 4.11. The lowest BCUT2D eigenvalue weighted by Crippen LogP contribution is -2.23. The van der Waals surface area contributed by atoms with Crippen LogP contribution in [0.25, 0.3) is 0 Å². The van der Waals surface area contributed by atoms with Crippen molar-refractivity contribution < 1.29 is 4.74 Å². The minimum atomic E-state index is 0.716. The molecule has 1 aliphatic rings. The molecule has 0 spiro atoms. The highest BCUT2D eigenvalue weighted by molar-refractivity contribution is 4.97. The molecule has 1 atom stereocenters. The van der Waals surface area contributed by atoms with Crippen molar-refractivity contribution in [3.63, 3.8) is 0 Å². The second-order valence-electron chi connectivity index (χ2n) is 2.79. The fourth-order valence-electron chi connectivity index (χ4n) is 1.17. The number of ether oxygens (including phenoxy) is 1. The molecule has 0 amide bonds. The fourth-order valence-corrected chi connectivity index (χ4v) is 1.17. The minimum Gasteiger partial charge on any atom is -0.381 e. The normalized spacial score (nSPS) is 22.8. The standard InChI is InChI=1S/C9H15NO/c1-2-3-5-10-7-9-4-6-11-8-9/h9-10H,4-8H2,1H3. The van der Waals surface area contributed by atoms with Gasteiger partial charge in [0, 0.05) is 13.2 Å². The smallest absolute Gasteiger partial charge is 0.0576 e. The van der Waals surface area contributed by atoms with Gasteiger partial charge in [-0.15, -0.1) is 5.92 Å². The Kier molecular flexibility index (Phi) is 4.03. The highest BCUT2D eigenvalue weighted by Gasteiger charge is 2.13. The lowest BCUT2D eigenvalue weighted by Gasteiger charge is -2.05. The van der Waals surface area contributed by atoms with Gasteiger partial charge >= 0.3 is 0 Å². The zero-order chi connectivity index (χ0) is 7.94. The van der Waals surface area contributed by atoms with E-state index in [2.05, 4.69) is 17.2 Å². The number of hydrogen-bond acceptors (Lipinski definition) is 2. The van der Waals surface area contributed by atoms with Crippen LogP contribution in [0.2, 0.25) is 0 Å². The molecular weight excluding hydrogens is 138 g/mol. The van der Waals surface area contributed by atoms with Crippen LogP contribution in [0, 0.1) is 17.8 Å². The maximum atomic E-state index is 5.24. The zero-order valence-corrected chi connectivity index (χ0v) is 7.02. The van der Waals surface area contributed by atoms with E-state index in [1.165, 1.54) is 6.42 Å². The Hall–Kier alpha value is -0.520. The van der Waals surface area contributed by atoms with Crippen LogP contribution in [-0.4, -0.2) is 26.3 Å². The summed E-state index contributed by atoms with van der Waals surface area (Å²) in [5, 5.41) is 3.27. The average molecular weight is 153 g/mol. The molecule has 1 unspecified atom stereocenters. The first-order valence-corrected chi connectivity index (χ1v) is 4.11. The molecule has 1 saturated heterocycles. The monoisotopic (exact) mass is 153 g/mol. The quantitative estimate of drug-likeness (QED) is 0.474. The summed E-state index contributed by atoms with van der Waals surface area (Å²) in [4.78, 5) is 0. The lowest BCUT2D eigenvalue weighted by atomic mass is 10.1. The largest absolute Gasteiger partial charge is 0.381 e. The molecule has 62 valence electrons. The van der Waals surface area contributed by atoms with Crippen molar-refractivity contribution in [1.29, 1.82) is 0 Å². The van der Waals surface area contributed by atoms with Crippen molar-refractivity contribution in [2.45, 2.75) is 13.3 Å². The molecule has 0 aromatic heterocycles. The van der Waals surface area contributed by atoms with Gasteiger partial charge in [-0.05, 0) is 19.3 Å². The lowest BCUT2D eigenvalue weighted by molar-refractivity contribution is 0.185. The molecule has 1 fully saturated rings. The van der Waals surface area contributed by atoms with Crippen LogP contribution in [0.3, 0.4) is 0 Å². The van der Waals surface area contributed by atoms with Crippen molar-refractivity contribution in [3.05, 3.63) is 0 Å². The Morgan fingerprint density at radius 2 is 2.55 bits per heavy atom. The predicted octanol–water partition coefficient (Wildman–Crippen LogP) is 0.636. The highest BCUT2D eigenvalue weighted by atomic mass is 16.5. The van der Waals surface area contributed by atoms with Crippen LogP contribution in [0.1, 0.15) is 13.3 Å². The third-order valence-electron chi connectivity index (χ3n) is 1.85. The summed E-state index contributed by atoms with van der Waals surface area (Å²) >= 11 is 0. The van der Waals surface area contributed by atoms with Crippen LogP contribution in [0.5, 0.6) is 0 Å². The number of nitrogens with one attached hydrogen (secondary N) is 1. The molecule has 1 N–H and O–H groups in total. The van der Waals surface area contributed by atoms with E-state index >= 15 is 0 Å². The van der Waals surface area contributed by atoms with Crippen LogP contribution < -0.4 is 5.32 Å². The summed E-state index contributed by atoms with van der Waals surface area (Å²) in [6.07, 6.45) is 1.20. The summed E-state index contributed by atoms with van der Waals surface area (Å²) < 4.78 is 5.24. The maximum Gasteiger partial charge on any atom is 0.0576 e. The zero-order valence-electron chi connectivity index (χ0n) is 7.02. The van der Waals surface area contributed by atoms with Gasteiger partial charge < -0.3 is 10.1 Å². The Balaban J connectivity index is 1.96. The Bertz CT molecular complexity index is 151. The van der Waals surface area contributed by atoms with E-state index < -0.39 is 0 Å². The maximum absolute atomic E-state index is 5.24. The van der Waals surface area contributed by atoms with E-state index in [9.17, 15) is 0 Å².